The molecule has 1 aliphatic rings. The zero-order chi connectivity index (χ0) is 21.3. The third-order valence-corrected chi connectivity index (χ3v) is 4.94. The second-order valence-electron chi connectivity index (χ2n) is 6.93. The van der Waals surface area contributed by atoms with Gasteiger partial charge >= 0.3 is 0 Å². The number of pyridine rings is 1. The number of benzene rings is 1. The molecule has 2 N–H and O–H groups in total. The van der Waals surface area contributed by atoms with Gasteiger partial charge in [-0.1, -0.05) is 5.16 Å². The third-order valence-electron chi connectivity index (χ3n) is 4.94. The first kappa shape index (κ1) is 19.4. The minimum absolute atomic E-state index is 0.0117. The van der Waals surface area contributed by atoms with Gasteiger partial charge in [-0.25, -0.2) is 9.37 Å². The lowest BCUT2D eigenvalue weighted by atomic mass is 9.97. The van der Waals surface area contributed by atoms with E-state index in [0.717, 1.165) is 25.1 Å². The summed E-state index contributed by atoms with van der Waals surface area (Å²) in [5, 5.41) is 15.0. The number of nitro groups is 1. The predicted octanol–water partition coefficient (Wildman–Crippen LogP) is 2.66. The predicted molar refractivity (Wildman–Crippen MR) is 103 cm³/mol. The fraction of sp³-hybridized carbons (Fsp3) is 0.263. The average Bonchev–Trinajstić information content (AvgIpc) is 3.24. The van der Waals surface area contributed by atoms with Gasteiger partial charge in [0.1, 0.15) is 17.8 Å². The van der Waals surface area contributed by atoms with Crippen molar-refractivity contribution in [3.63, 3.8) is 0 Å². The van der Waals surface area contributed by atoms with Gasteiger partial charge in [-0.3, -0.25) is 14.9 Å². The Labute approximate surface area is 169 Å². The fourth-order valence-corrected chi connectivity index (χ4v) is 3.47. The van der Waals surface area contributed by atoms with Gasteiger partial charge in [0.15, 0.2) is 0 Å². The van der Waals surface area contributed by atoms with Crippen molar-refractivity contribution in [2.75, 3.05) is 18.0 Å². The lowest BCUT2D eigenvalue weighted by molar-refractivity contribution is -0.385. The first-order valence-corrected chi connectivity index (χ1v) is 9.21. The van der Waals surface area contributed by atoms with Gasteiger partial charge in [-0.05, 0) is 37.1 Å². The van der Waals surface area contributed by atoms with Crippen molar-refractivity contribution in [2.45, 2.75) is 18.8 Å². The first-order chi connectivity index (χ1) is 14.4. The minimum Gasteiger partial charge on any atom is -0.365 e. The molecule has 3 heterocycles. The van der Waals surface area contributed by atoms with Crippen molar-refractivity contribution in [3.8, 4) is 11.4 Å². The number of halogens is 1. The van der Waals surface area contributed by atoms with E-state index < -0.39 is 10.8 Å². The van der Waals surface area contributed by atoms with E-state index >= 15 is 0 Å². The van der Waals surface area contributed by atoms with Crippen molar-refractivity contribution < 1.29 is 18.6 Å². The molecule has 30 heavy (non-hydrogen) atoms. The molecule has 1 saturated heterocycles. The number of primary amides is 1. The minimum atomic E-state index is -0.792. The van der Waals surface area contributed by atoms with E-state index in [2.05, 4.69) is 15.1 Å². The van der Waals surface area contributed by atoms with Crippen LogP contribution in [0, 0.1) is 15.9 Å². The number of carbonyl (C=O) groups is 1. The molecule has 11 heteroatoms. The van der Waals surface area contributed by atoms with Crippen molar-refractivity contribution in [3.05, 3.63) is 63.9 Å². The summed E-state index contributed by atoms with van der Waals surface area (Å²) in [4.78, 5) is 32.6. The van der Waals surface area contributed by atoms with Crippen LogP contribution in [0.3, 0.4) is 0 Å². The quantitative estimate of drug-likeness (QED) is 0.498. The van der Waals surface area contributed by atoms with Crippen LogP contribution in [0.25, 0.3) is 11.4 Å². The van der Waals surface area contributed by atoms with Crippen LogP contribution in [-0.4, -0.2) is 39.0 Å². The zero-order valence-electron chi connectivity index (χ0n) is 15.7. The molecule has 154 valence electrons. The molecule has 1 unspecified atom stereocenters. The zero-order valence-corrected chi connectivity index (χ0v) is 15.7. The van der Waals surface area contributed by atoms with Crippen LogP contribution in [-0.2, 0) is 0 Å². The van der Waals surface area contributed by atoms with Gasteiger partial charge in [0.25, 0.3) is 11.6 Å². The van der Waals surface area contributed by atoms with Crippen LogP contribution in [0.2, 0.25) is 0 Å². The van der Waals surface area contributed by atoms with Gasteiger partial charge in [0.05, 0.1) is 16.4 Å². The lowest BCUT2D eigenvalue weighted by Gasteiger charge is -2.32. The smallest absolute Gasteiger partial charge is 0.288 e. The van der Waals surface area contributed by atoms with Gasteiger partial charge in [0, 0.05) is 24.7 Å². The topological polar surface area (TPSA) is 141 Å². The molecule has 0 aliphatic carbocycles. The van der Waals surface area contributed by atoms with Crippen LogP contribution in [0.1, 0.15) is 35.0 Å². The van der Waals surface area contributed by atoms with Gasteiger partial charge < -0.3 is 15.2 Å². The van der Waals surface area contributed by atoms with E-state index in [4.69, 9.17) is 10.3 Å². The number of carbonyl (C=O) groups excluding carboxylic acids is 1. The number of rotatable bonds is 5. The average molecular weight is 412 g/mol. The summed E-state index contributed by atoms with van der Waals surface area (Å²) < 4.78 is 18.5. The number of hydrogen-bond donors (Lipinski definition) is 1. The number of anilines is 1. The molecule has 1 aromatic carbocycles. The SMILES string of the molecule is NC(=O)c1cc([N+](=O)[O-])cnc1N1CCCC(c2nc(-c3ccc(F)cc3)no2)C1. The third kappa shape index (κ3) is 3.81. The highest BCUT2D eigenvalue weighted by molar-refractivity contribution is 5.98. The van der Waals surface area contributed by atoms with Crippen molar-refractivity contribution in [1.29, 1.82) is 0 Å². The molecule has 2 aromatic heterocycles. The number of piperidine rings is 1. The largest absolute Gasteiger partial charge is 0.365 e. The van der Waals surface area contributed by atoms with Crippen LogP contribution in [0.15, 0.2) is 41.1 Å². The Morgan fingerprint density at radius 2 is 2.10 bits per heavy atom. The monoisotopic (exact) mass is 412 g/mol. The lowest BCUT2D eigenvalue weighted by Crippen LogP contribution is -2.36. The molecule has 1 atom stereocenters. The molecule has 0 bridgehead atoms. The second-order valence-corrected chi connectivity index (χ2v) is 6.93. The Bertz CT molecular complexity index is 1100. The highest BCUT2D eigenvalue weighted by Gasteiger charge is 2.29. The number of hydrogen-bond acceptors (Lipinski definition) is 8. The summed E-state index contributed by atoms with van der Waals surface area (Å²) in [5.74, 6) is -0.213. The summed E-state index contributed by atoms with van der Waals surface area (Å²) in [6.45, 7) is 1.02. The number of aromatic nitrogens is 3. The molecule has 0 radical (unpaired) electrons. The number of amides is 1. The van der Waals surface area contributed by atoms with Crippen LogP contribution >= 0.6 is 0 Å². The fourth-order valence-electron chi connectivity index (χ4n) is 3.47. The molecule has 1 aliphatic heterocycles. The van der Waals surface area contributed by atoms with E-state index in [0.29, 0.717) is 30.4 Å². The molecule has 0 saturated carbocycles. The molecule has 4 rings (SSSR count). The summed E-state index contributed by atoms with van der Waals surface area (Å²) in [6.07, 6.45) is 2.64. The maximum absolute atomic E-state index is 13.1. The summed E-state index contributed by atoms with van der Waals surface area (Å²) >= 11 is 0. The maximum Gasteiger partial charge on any atom is 0.288 e. The molecule has 0 spiro atoms. The summed E-state index contributed by atoms with van der Waals surface area (Å²) in [5.41, 5.74) is 5.73. The molecular formula is C19H17FN6O4. The van der Waals surface area contributed by atoms with Gasteiger partial charge in [0.2, 0.25) is 11.7 Å². The van der Waals surface area contributed by atoms with Crippen LogP contribution < -0.4 is 10.6 Å². The molecule has 1 amide bonds. The number of nitrogens with zero attached hydrogens (tertiary/aromatic N) is 5. The van der Waals surface area contributed by atoms with Crippen molar-refractivity contribution >= 4 is 17.4 Å². The van der Waals surface area contributed by atoms with Gasteiger partial charge in [-0.2, -0.15) is 4.98 Å². The summed E-state index contributed by atoms with van der Waals surface area (Å²) in [7, 11) is 0. The normalized spacial score (nSPS) is 16.4. The molecule has 1 fully saturated rings. The standard InChI is InChI=1S/C19H17FN6O4/c20-13-5-3-11(4-6-13)17-23-19(30-24-17)12-2-1-7-25(10-12)18-15(16(21)27)8-14(9-22-18)26(28)29/h3-6,8-9,12H,1-2,7,10H2,(H2,21,27). The van der Waals surface area contributed by atoms with E-state index in [1.54, 1.807) is 12.1 Å². The number of nitrogens with two attached hydrogens (primary N) is 1. The first-order valence-electron chi connectivity index (χ1n) is 9.21. The van der Waals surface area contributed by atoms with E-state index in [-0.39, 0.29) is 28.8 Å². The van der Waals surface area contributed by atoms with Crippen LogP contribution in [0.5, 0.6) is 0 Å². The van der Waals surface area contributed by atoms with Gasteiger partial charge in [-0.15, -0.1) is 0 Å². The van der Waals surface area contributed by atoms with Crippen LogP contribution in [0.4, 0.5) is 15.9 Å². The van der Waals surface area contributed by atoms with E-state index in [9.17, 15) is 19.3 Å². The highest BCUT2D eigenvalue weighted by atomic mass is 19.1. The molecule has 3 aromatic rings. The summed E-state index contributed by atoms with van der Waals surface area (Å²) in [6, 6.07) is 6.90. The second kappa shape index (κ2) is 7.85. The Hall–Kier alpha value is -3.89. The van der Waals surface area contributed by atoms with E-state index in [1.807, 2.05) is 4.90 Å². The Morgan fingerprint density at radius 3 is 2.80 bits per heavy atom. The Kier molecular flexibility index (Phi) is 5.09. The molecular weight excluding hydrogens is 395 g/mol. The Morgan fingerprint density at radius 1 is 1.33 bits per heavy atom. The van der Waals surface area contributed by atoms with E-state index in [1.165, 1.54) is 12.1 Å². The highest BCUT2D eigenvalue weighted by Crippen LogP contribution is 2.32. The Balaban J connectivity index is 1.58. The maximum atomic E-state index is 13.1. The van der Waals surface area contributed by atoms with Crippen molar-refractivity contribution in [1.82, 2.24) is 15.1 Å². The molecule has 10 nitrogen and oxygen atoms in total. The van der Waals surface area contributed by atoms with Crippen molar-refractivity contribution in [2.24, 2.45) is 5.73 Å².